The molecule has 2 aliphatic rings. The summed E-state index contributed by atoms with van der Waals surface area (Å²) in [5.74, 6) is -0.728. The summed E-state index contributed by atoms with van der Waals surface area (Å²) in [5, 5.41) is 6.93. The number of amides is 1. The van der Waals surface area contributed by atoms with E-state index in [1.807, 2.05) is 24.0 Å². The highest BCUT2D eigenvalue weighted by Gasteiger charge is 2.37. The number of thiophene rings is 1. The number of nitrogen functional groups attached to an aromatic ring is 1. The molecule has 0 saturated carbocycles. The van der Waals surface area contributed by atoms with Crippen LogP contribution in [0.3, 0.4) is 0 Å². The number of nitrogens with zero attached hydrogens (tertiary/aromatic N) is 2. The molecule has 2 aliphatic heterocycles. The first kappa shape index (κ1) is 21.1. The van der Waals surface area contributed by atoms with Gasteiger partial charge in [0.2, 0.25) is 0 Å². The summed E-state index contributed by atoms with van der Waals surface area (Å²) in [6.45, 7) is 4.48. The number of nitrogens with one attached hydrogen (secondary N) is 2. The molecule has 6 nitrogen and oxygen atoms in total. The number of carbonyl (C=O) groups excluding carboxylic acids is 1. The van der Waals surface area contributed by atoms with Crippen molar-refractivity contribution in [2.24, 2.45) is 5.92 Å². The monoisotopic (exact) mass is 457 g/mol. The highest BCUT2D eigenvalue weighted by Crippen LogP contribution is 2.33. The highest BCUT2D eigenvalue weighted by atomic mass is 32.1. The van der Waals surface area contributed by atoms with E-state index in [1.165, 1.54) is 23.5 Å². The van der Waals surface area contributed by atoms with Crippen LogP contribution in [0.1, 0.15) is 27.3 Å². The van der Waals surface area contributed by atoms with E-state index in [2.05, 4.69) is 15.6 Å². The molecule has 32 heavy (non-hydrogen) atoms. The van der Waals surface area contributed by atoms with Crippen molar-refractivity contribution in [2.75, 3.05) is 36.8 Å². The molecule has 0 radical (unpaired) electrons. The summed E-state index contributed by atoms with van der Waals surface area (Å²) in [4.78, 5) is 20.0. The lowest BCUT2D eigenvalue weighted by Crippen LogP contribution is -2.30. The number of anilines is 2. The Kier molecular flexibility index (Phi) is 5.46. The summed E-state index contributed by atoms with van der Waals surface area (Å²) in [7, 11) is 0. The van der Waals surface area contributed by atoms with E-state index in [4.69, 9.17) is 5.73 Å². The van der Waals surface area contributed by atoms with Crippen LogP contribution < -0.4 is 21.3 Å². The zero-order valence-electron chi connectivity index (χ0n) is 17.8. The van der Waals surface area contributed by atoms with Gasteiger partial charge in [0.05, 0.1) is 11.4 Å². The van der Waals surface area contributed by atoms with Gasteiger partial charge in [-0.15, -0.1) is 11.3 Å². The van der Waals surface area contributed by atoms with Gasteiger partial charge in [0.1, 0.15) is 21.3 Å². The van der Waals surface area contributed by atoms with Gasteiger partial charge in [-0.25, -0.2) is 13.8 Å². The smallest absolute Gasteiger partial charge is 0.263 e. The number of rotatable bonds is 5. The molecule has 1 aromatic carbocycles. The van der Waals surface area contributed by atoms with Crippen LogP contribution in [0.2, 0.25) is 0 Å². The lowest BCUT2D eigenvalue weighted by atomic mass is 10.1. The Labute approximate surface area is 188 Å². The predicted molar refractivity (Wildman–Crippen MR) is 123 cm³/mol. The molecule has 0 spiro atoms. The highest BCUT2D eigenvalue weighted by molar-refractivity contribution is 7.21. The minimum absolute atomic E-state index is 0.173. The van der Waals surface area contributed by atoms with Crippen LogP contribution >= 0.6 is 11.3 Å². The second-order valence-electron chi connectivity index (χ2n) is 8.57. The number of nitrogens with two attached hydrogens (primary N) is 1. The minimum Gasteiger partial charge on any atom is -0.397 e. The number of hydrogen-bond acceptors (Lipinski definition) is 6. The fraction of sp³-hybridized carbons (Fsp3) is 0.391. The predicted octanol–water partition coefficient (Wildman–Crippen LogP) is 3.24. The van der Waals surface area contributed by atoms with E-state index < -0.39 is 11.6 Å². The third-order valence-electron chi connectivity index (χ3n) is 6.44. The second kappa shape index (κ2) is 8.29. The van der Waals surface area contributed by atoms with Crippen LogP contribution in [0.15, 0.2) is 24.3 Å². The Morgan fingerprint density at radius 2 is 2.16 bits per heavy atom. The first-order valence-electron chi connectivity index (χ1n) is 10.8. The molecule has 0 bridgehead atoms. The molecule has 1 amide bonds. The zero-order chi connectivity index (χ0) is 22.4. The summed E-state index contributed by atoms with van der Waals surface area (Å²) in [6, 6.07) is 6.58. The Morgan fingerprint density at radius 3 is 2.97 bits per heavy atom. The second-order valence-corrected chi connectivity index (χ2v) is 9.56. The van der Waals surface area contributed by atoms with Crippen molar-refractivity contribution in [2.45, 2.75) is 25.8 Å². The quantitative estimate of drug-likeness (QED) is 0.548. The number of carbonyl (C=O) groups is 1. The Hall–Kier alpha value is -2.78. The van der Waals surface area contributed by atoms with Crippen LogP contribution in [0, 0.1) is 24.5 Å². The fourth-order valence-electron chi connectivity index (χ4n) is 4.71. The van der Waals surface area contributed by atoms with E-state index in [0.717, 1.165) is 30.6 Å². The standard InChI is InChI=1S/C23H25F2N5OS/c1-12-2-3-15-20(26)21(32-23(15)29-12)22(31)28-7-4-13-8-17(25)19(9-16(13)24)30-10-14-5-6-27-18(14)11-30/h2-3,8-9,14,18,27H,4-7,10-11,26H2,1H3,(H,28,31)/t14-,18+/m0/s1. The van der Waals surface area contributed by atoms with Crippen molar-refractivity contribution in [3.05, 3.63) is 52.0 Å². The third-order valence-corrected chi connectivity index (χ3v) is 7.55. The molecular weight excluding hydrogens is 432 g/mol. The Bertz CT molecular complexity index is 1180. The average Bonchev–Trinajstić information content (AvgIpc) is 3.44. The molecule has 2 saturated heterocycles. The molecule has 3 aromatic rings. The normalized spacial score (nSPS) is 20.2. The van der Waals surface area contributed by atoms with Gasteiger partial charge in [0.25, 0.3) is 5.91 Å². The van der Waals surface area contributed by atoms with E-state index >= 15 is 0 Å². The SMILES string of the molecule is Cc1ccc2c(N)c(C(=O)NCCc3cc(F)c(N4C[C@@H]5CCN[C@@H]5C4)cc3F)sc2n1. The summed E-state index contributed by atoms with van der Waals surface area (Å²) in [6.07, 6.45) is 1.26. The number of hydrogen-bond donors (Lipinski definition) is 3. The van der Waals surface area contributed by atoms with Crippen molar-refractivity contribution in [3.63, 3.8) is 0 Å². The van der Waals surface area contributed by atoms with E-state index in [9.17, 15) is 13.6 Å². The number of aryl methyl sites for hydroxylation is 1. The summed E-state index contributed by atoms with van der Waals surface area (Å²) >= 11 is 1.23. The molecule has 4 heterocycles. The van der Waals surface area contributed by atoms with Gasteiger partial charge in [0.15, 0.2) is 0 Å². The van der Waals surface area contributed by atoms with Gasteiger partial charge in [-0.1, -0.05) is 0 Å². The van der Waals surface area contributed by atoms with Crippen LogP contribution in [0.25, 0.3) is 10.2 Å². The van der Waals surface area contributed by atoms with E-state index in [0.29, 0.717) is 39.6 Å². The number of aromatic nitrogens is 1. The van der Waals surface area contributed by atoms with Gasteiger partial charge < -0.3 is 21.3 Å². The molecule has 0 aliphatic carbocycles. The molecule has 2 fully saturated rings. The molecule has 2 aromatic heterocycles. The average molecular weight is 458 g/mol. The van der Waals surface area contributed by atoms with Crippen molar-refractivity contribution in [3.8, 4) is 0 Å². The Balaban J connectivity index is 1.24. The molecule has 5 rings (SSSR count). The van der Waals surface area contributed by atoms with Crippen LogP contribution in [-0.2, 0) is 6.42 Å². The van der Waals surface area contributed by atoms with Gasteiger partial charge in [-0.3, -0.25) is 4.79 Å². The van der Waals surface area contributed by atoms with Crippen molar-refractivity contribution in [1.29, 1.82) is 0 Å². The maximum atomic E-state index is 14.8. The van der Waals surface area contributed by atoms with E-state index in [-0.39, 0.29) is 24.4 Å². The van der Waals surface area contributed by atoms with Crippen LogP contribution in [0.5, 0.6) is 0 Å². The van der Waals surface area contributed by atoms with Gasteiger partial charge in [0, 0.05) is 42.8 Å². The fourth-order valence-corrected chi connectivity index (χ4v) is 5.76. The number of benzene rings is 1. The number of halogens is 2. The molecule has 2 atom stereocenters. The van der Waals surface area contributed by atoms with Gasteiger partial charge >= 0.3 is 0 Å². The Morgan fingerprint density at radius 1 is 1.31 bits per heavy atom. The van der Waals surface area contributed by atoms with Crippen molar-refractivity contribution in [1.82, 2.24) is 15.6 Å². The van der Waals surface area contributed by atoms with E-state index in [1.54, 1.807) is 0 Å². The largest absolute Gasteiger partial charge is 0.397 e. The minimum atomic E-state index is -0.457. The topological polar surface area (TPSA) is 83.3 Å². The third kappa shape index (κ3) is 3.80. The van der Waals surface area contributed by atoms with Crippen LogP contribution in [-0.4, -0.2) is 43.1 Å². The molecule has 4 N–H and O–H groups in total. The summed E-state index contributed by atoms with van der Waals surface area (Å²) < 4.78 is 29.5. The molecule has 168 valence electrons. The first-order chi connectivity index (χ1) is 15.4. The molecule has 0 unspecified atom stereocenters. The molecular formula is C23H25F2N5OS. The maximum Gasteiger partial charge on any atom is 0.263 e. The lowest BCUT2D eigenvalue weighted by Gasteiger charge is -2.21. The first-order valence-corrected chi connectivity index (χ1v) is 11.6. The van der Waals surface area contributed by atoms with Crippen molar-refractivity contribution < 1.29 is 13.6 Å². The zero-order valence-corrected chi connectivity index (χ0v) is 18.6. The van der Waals surface area contributed by atoms with Gasteiger partial charge in [-0.05, 0) is 56.0 Å². The number of fused-ring (bicyclic) bond motifs is 2. The lowest BCUT2D eigenvalue weighted by molar-refractivity contribution is 0.0959. The van der Waals surface area contributed by atoms with Crippen molar-refractivity contribution >= 4 is 38.8 Å². The molecule has 9 heteroatoms. The maximum absolute atomic E-state index is 14.8. The number of pyridine rings is 1. The van der Waals surface area contributed by atoms with Crippen LogP contribution in [0.4, 0.5) is 20.2 Å². The summed E-state index contributed by atoms with van der Waals surface area (Å²) in [5.41, 5.74) is 7.91. The van der Waals surface area contributed by atoms with Gasteiger partial charge in [-0.2, -0.15) is 0 Å².